The molecule has 0 radical (unpaired) electrons. The fourth-order valence-corrected chi connectivity index (χ4v) is 2.74. The molecular formula is C13H20N4O. The van der Waals surface area contributed by atoms with E-state index in [-0.39, 0.29) is 5.91 Å². The molecule has 1 aliphatic carbocycles. The Kier molecular flexibility index (Phi) is 3.07. The Labute approximate surface area is 107 Å². The molecule has 2 aliphatic rings. The molecule has 5 nitrogen and oxygen atoms in total. The van der Waals surface area contributed by atoms with E-state index < -0.39 is 0 Å². The Morgan fingerprint density at radius 2 is 2.39 bits per heavy atom. The number of rotatable bonds is 4. The molecular weight excluding hydrogens is 228 g/mol. The predicted molar refractivity (Wildman–Crippen MR) is 68.0 cm³/mol. The third-order valence-electron chi connectivity index (χ3n) is 4.06. The first-order valence-corrected chi connectivity index (χ1v) is 6.70. The van der Waals surface area contributed by atoms with E-state index in [4.69, 9.17) is 0 Å². The summed E-state index contributed by atoms with van der Waals surface area (Å²) in [5, 5.41) is 6.50. The lowest BCUT2D eigenvalue weighted by Gasteiger charge is -2.19. The number of hydrogen-bond acceptors (Lipinski definition) is 3. The number of nitrogens with one attached hydrogen (secondary N) is 2. The first-order chi connectivity index (χ1) is 8.75. The summed E-state index contributed by atoms with van der Waals surface area (Å²) in [6, 6.07) is 0. The standard InChI is InChI=1S/C13H20N4O/c1-17-8-15-7-12(17)11-6-14-4-10(11)5-16-13(18)9-2-3-9/h7-11,14H,2-6H2,1H3,(H,16,18)/t10-,11+/m0/s1. The maximum atomic E-state index is 11.7. The molecule has 0 aromatic carbocycles. The lowest BCUT2D eigenvalue weighted by atomic mass is 9.93. The van der Waals surface area contributed by atoms with E-state index in [9.17, 15) is 4.79 Å². The Morgan fingerprint density at radius 3 is 3.06 bits per heavy atom. The molecule has 3 rings (SSSR count). The zero-order chi connectivity index (χ0) is 12.5. The topological polar surface area (TPSA) is 59.0 Å². The second-order valence-electron chi connectivity index (χ2n) is 5.47. The quantitative estimate of drug-likeness (QED) is 0.803. The summed E-state index contributed by atoms with van der Waals surface area (Å²) in [7, 11) is 2.03. The summed E-state index contributed by atoms with van der Waals surface area (Å²) in [5.74, 6) is 1.47. The fourth-order valence-electron chi connectivity index (χ4n) is 2.74. The number of hydrogen-bond donors (Lipinski definition) is 2. The maximum Gasteiger partial charge on any atom is 0.223 e. The van der Waals surface area contributed by atoms with Crippen LogP contribution in [0.4, 0.5) is 0 Å². The van der Waals surface area contributed by atoms with Gasteiger partial charge in [-0.25, -0.2) is 4.98 Å². The smallest absolute Gasteiger partial charge is 0.223 e. The Bertz CT molecular complexity index is 438. The summed E-state index contributed by atoms with van der Waals surface area (Å²) in [6.07, 6.45) is 5.92. The number of carbonyl (C=O) groups is 1. The highest BCUT2D eigenvalue weighted by atomic mass is 16.2. The third kappa shape index (κ3) is 2.27. The van der Waals surface area contributed by atoms with Crippen molar-refractivity contribution in [2.75, 3.05) is 19.6 Å². The maximum absolute atomic E-state index is 11.7. The average Bonchev–Trinajstić information content (AvgIpc) is 2.98. The molecule has 0 spiro atoms. The second kappa shape index (κ2) is 4.72. The first-order valence-electron chi connectivity index (χ1n) is 6.70. The molecule has 1 aliphatic heterocycles. The van der Waals surface area contributed by atoms with Crippen LogP contribution in [0.15, 0.2) is 12.5 Å². The molecule has 98 valence electrons. The van der Waals surface area contributed by atoms with E-state index in [0.717, 1.165) is 32.5 Å². The van der Waals surface area contributed by atoms with Crippen LogP contribution in [0.5, 0.6) is 0 Å². The van der Waals surface area contributed by atoms with Gasteiger partial charge in [-0.15, -0.1) is 0 Å². The van der Waals surface area contributed by atoms with Crippen LogP contribution in [0.1, 0.15) is 24.5 Å². The average molecular weight is 248 g/mol. The van der Waals surface area contributed by atoms with Gasteiger partial charge in [0, 0.05) is 50.4 Å². The van der Waals surface area contributed by atoms with Crippen molar-refractivity contribution in [3.63, 3.8) is 0 Å². The molecule has 18 heavy (non-hydrogen) atoms. The van der Waals surface area contributed by atoms with Gasteiger partial charge in [0.2, 0.25) is 5.91 Å². The molecule has 5 heteroatoms. The van der Waals surface area contributed by atoms with Crippen LogP contribution in [0, 0.1) is 11.8 Å². The van der Waals surface area contributed by atoms with Crippen LogP contribution in [-0.4, -0.2) is 35.1 Å². The molecule has 1 amide bonds. The minimum Gasteiger partial charge on any atom is -0.356 e. The van der Waals surface area contributed by atoms with Gasteiger partial charge in [0.25, 0.3) is 0 Å². The van der Waals surface area contributed by atoms with Gasteiger partial charge in [-0.2, -0.15) is 0 Å². The molecule has 0 bridgehead atoms. The van der Waals surface area contributed by atoms with E-state index >= 15 is 0 Å². The Morgan fingerprint density at radius 1 is 1.56 bits per heavy atom. The van der Waals surface area contributed by atoms with Crippen LogP contribution in [0.3, 0.4) is 0 Å². The van der Waals surface area contributed by atoms with E-state index in [1.165, 1.54) is 5.69 Å². The molecule has 0 unspecified atom stereocenters. The normalized spacial score (nSPS) is 27.4. The molecule has 2 heterocycles. The van der Waals surface area contributed by atoms with Gasteiger partial charge < -0.3 is 15.2 Å². The van der Waals surface area contributed by atoms with E-state index in [0.29, 0.717) is 17.8 Å². The third-order valence-corrected chi connectivity index (χ3v) is 4.06. The van der Waals surface area contributed by atoms with E-state index in [1.807, 2.05) is 19.6 Å². The number of imidazole rings is 1. The molecule has 1 aromatic rings. The van der Waals surface area contributed by atoms with Crippen molar-refractivity contribution >= 4 is 5.91 Å². The van der Waals surface area contributed by atoms with Gasteiger partial charge >= 0.3 is 0 Å². The zero-order valence-electron chi connectivity index (χ0n) is 10.7. The van der Waals surface area contributed by atoms with E-state index in [1.54, 1.807) is 0 Å². The summed E-state index contributed by atoms with van der Waals surface area (Å²) in [4.78, 5) is 15.9. The van der Waals surface area contributed by atoms with Crippen LogP contribution >= 0.6 is 0 Å². The Hall–Kier alpha value is -1.36. The highest BCUT2D eigenvalue weighted by molar-refractivity contribution is 5.80. The van der Waals surface area contributed by atoms with Crippen molar-refractivity contribution in [3.05, 3.63) is 18.2 Å². The van der Waals surface area contributed by atoms with Crippen molar-refractivity contribution in [2.24, 2.45) is 18.9 Å². The minimum absolute atomic E-state index is 0.241. The number of carbonyl (C=O) groups excluding carboxylic acids is 1. The van der Waals surface area contributed by atoms with Gasteiger partial charge in [-0.05, 0) is 18.8 Å². The summed E-state index contributed by atoms with van der Waals surface area (Å²) in [5.41, 5.74) is 1.26. The number of aryl methyl sites for hydroxylation is 1. The van der Waals surface area contributed by atoms with Gasteiger partial charge in [-0.1, -0.05) is 0 Å². The molecule has 1 aromatic heterocycles. The number of aromatic nitrogens is 2. The van der Waals surface area contributed by atoms with Crippen LogP contribution < -0.4 is 10.6 Å². The van der Waals surface area contributed by atoms with Crippen LogP contribution in [0.2, 0.25) is 0 Å². The van der Waals surface area contributed by atoms with Crippen molar-refractivity contribution in [2.45, 2.75) is 18.8 Å². The number of nitrogens with zero attached hydrogens (tertiary/aromatic N) is 2. The summed E-state index contributed by atoms with van der Waals surface area (Å²) < 4.78 is 2.08. The molecule has 2 fully saturated rings. The number of amides is 1. The van der Waals surface area contributed by atoms with Crippen molar-refractivity contribution in [3.8, 4) is 0 Å². The minimum atomic E-state index is 0.241. The van der Waals surface area contributed by atoms with E-state index in [2.05, 4.69) is 20.2 Å². The lowest BCUT2D eigenvalue weighted by Crippen LogP contribution is -2.33. The highest BCUT2D eigenvalue weighted by Gasteiger charge is 2.33. The van der Waals surface area contributed by atoms with Crippen molar-refractivity contribution < 1.29 is 4.79 Å². The largest absolute Gasteiger partial charge is 0.356 e. The summed E-state index contributed by atoms with van der Waals surface area (Å²) >= 11 is 0. The predicted octanol–water partition coefficient (Wildman–Crippen LogP) is 0.249. The Balaban J connectivity index is 1.60. The lowest BCUT2D eigenvalue weighted by molar-refractivity contribution is -0.122. The molecule has 1 saturated heterocycles. The second-order valence-corrected chi connectivity index (χ2v) is 5.47. The highest BCUT2D eigenvalue weighted by Crippen LogP contribution is 2.30. The first kappa shape index (κ1) is 11.7. The fraction of sp³-hybridized carbons (Fsp3) is 0.692. The molecule has 2 N–H and O–H groups in total. The summed E-state index contributed by atoms with van der Waals surface area (Å²) in [6.45, 7) is 2.72. The van der Waals surface area contributed by atoms with Crippen LogP contribution in [-0.2, 0) is 11.8 Å². The van der Waals surface area contributed by atoms with Crippen molar-refractivity contribution in [1.29, 1.82) is 0 Å². The SMILES string of the molecule is Cn1cncc1[C@@H]1CNC[C@H]1CNC(=O)C1CC1. The molecule has 1 saturated carbocycles. The van der Waals surface area contributed by atoms with Crippen LogP contribution in [0.25, 0.3) is 0 Å². The zero-order valence-corrected chi connectivity index (χ0v) is 10.7. The van der Waals surface area contributed by atoms with Gasteiger partial charge in [0.15, 0.2) is 0 Å². The van der Waals surface area contributed by atoms with Crippen molar-refractivity contribution in [1.82, 2.24) is 20.2 Å². The van der Waals surface area contributed by atoms with Gasteiger partial charge in [-0.3, -0.25) is 4.79 Å². The van der Waals surface area contributed by atoms with Gasteiger partial charge in [0.1, 0.15) is 0 Å². The van der Waals surface area contributed by atoms with Gasteiger partial charge in [0.05, 0.1) is 6.33 Å². The molecule has 2 atom stereocenters. The monoisotopic (exact) mass is 248 g/mol.